The van der Waals surface area contributed by atoms with E-state index in [4.69, 9.17) is 0 Å². The van der Waals surface area contributed by atoms with Crippen molar-refractivity contribution in [2.24, 2.45) is 0 Å². The Morgan fingerprint density at radius 1 is 1.23 bits per heavy atom. The van der Waals surface area contributed by atoms with Crippen molar-refractivity contribution >= 4 is 27.5 Å². The van der Waals surface area contributed by atoms with Crippen molar-refractivity contribution in [2.45, 2.75) is 6.92 Å². The molecule has 0 radical (unpaired) electrons. The van der Waals surface area contributed by atoms with E-state index in [0.717, 1.165) is 15.3 Å². The quantitative estimate of drug-likeness (QED) is 0.781. The van der Waals surface area contributed by atoms with E-state index in [9.17, 15) is 0 Å². The Morgan fingerprint density at radius 3 is 2.46 bits per heavy atom. The second kappa shape index (κ2) is 3.55. The summed E-state index contributed by atoms with van der Waals surface area (Å²) in [6.07, 6.45) is 0. The fourth-order valence-corrected chi connectivity index (χ4v) is 1.85. The highest BCUT2D eigenvalue weighted by atomic mass is 79.9. The molecule has 1 aromatic carbocycles. The SMILES string of the molecule is Cc1ccc(-c2nsc(Br)n2)cc1. The van der Waals surface area contributed by atoms with Gasteiger partial charge in [-0.3, -0.25) is 0 Å². The van der Waals surface area contributed by atoms with E-state index in [-0.39, 0.29) is 0 Å². The Hall–Kier alpha value is -0.740. The Labute approximate surface area is 88.9 Å². The van der Waals surface area contributed by atoms with Crippen molar-refractivity contribution in [3.05, 3.63) is 33.7 Å². The fourth-order valence-electron chi connectivity index (χ4n) is 1.02. The molecule has 0 fully saturated rings. The summed E-state index contributed by atoms with van der Waals surface area (Å²) in [5.74, 6) is 0.789. The molecule has 2 nitrogen and oxygen atoms in total. The molecule has 1 aromatic heterocycles. The van der Waals surface area contributed by atoms with Crippen LogP contribution in [0, 0.1) is 6.92 Å². The average molecular weight is 255 g/mol. The van der Waals surface area contributed by atoms with Gasteiger partial charge < -0.3 is 0 Å². The first-order valence-electron chi connectivity index (χ1n) is 3.82. The molecule has 0 spiro atoms. The van der Waals surface area contributed by atoms with Gasteiger partial charge in [0.2, 0.25) is 0 Å². The van der Waals surface area contributed by atoms with Crippen LogP contribution in [-0.4, -0.2) is 9.36 Å². The smallest absolute Gasteiger partial charge is 0.179 e. The van der Waals surface area contributed by atoms with Gasteiger partial charge in [-0.15, -0.1) is 0 Å². The van der Waals surface area contributed by atoms with E-state index in [2.05, 4.69) is 44.3 Å². The van der Waals surface area contributed by atoms with E-state index in [1.54, 1.807) is 0 Å². The fraction of sp³-hybridized carbons (Fsp3) is 0.111. The van der Waals surface area contributed by atoms with Crippen LogP contribution in [0.2, 0.25) is 0 Å². The first-order valence-corrected chi connectivity index (χ1v) is 5.38. The van der Waals surface area contributed by atoms with Crippen LogP contribution in [0.5, 0.6) is 0 Å². The Bertz CT molecular complexity index is 408. The molecule has 4 heteroatoms. The summed E-state index contributed by atoms with van der Waals surface area (Å²) >= 11 is 4.65. The lowest BCUT2D eigenvalue weighted by atomic mass is 10.1. The number of benzene rings is 1. The molecule has 66 valence electrons. The van der Waals surface area contributed by atoms with Gasteiger partial charge in [0.1, 0.15) is 0 Å². The Kier molecular flexibility index (Phi) is 2.42. The minimum Gasteiger partial charge on any atom is -0.208 e. The third-order valence-corrected chi connectivity index (χ3v) is 2.83. The molecular weight excluding hydrogens is 248 g/mol. The van der Waals surface area contributed by atoms with Crippen molar-refractivity contribution in [1.82, 2.24) is 9.36 Å². The van der Waals surface area contributed by atoms with Crippen LogP contribution in [0.3, 0.4) is 0 Å². The second-order valence-electron chi connectivity index (χ2n) is 2.74. The molecule has 0 N–H and O–H groups in total. The summed E-state index contributed by atoms with van der Waals surface area (Å²) in [7, 11) is 0. The molecule has 0 aliphatic rings. The lowest BCUT2D eigenvalue weighted by Gasteiger charge is -1.94. The highest BCUT2D eigenvalue weighted by Gasteiger charge is 2.03. The zero-order chi connectivity index (χ0) is 9.26. The van der Waals surface area contributed by atoms with Crippen LogP contribution in [-0.2, 0) is 0 Å². The number of aryl methyl sites for hydroxylation is 1. The molecule has 0 aliphatic carbocycles. The van der Waals surface area contributed by atoms with Crippen LogP contribution >= 0.6 is 27.5 Å². The molecule has 13 heavy (non-hydrogen) atoms. The van der Waals surface area contributed by atoms with E-state index >= 15 is 0 Å². The maximum atomic E-state index is 4.23. The molecular formula is C9H7BrN2S. The summed E-state index contributed by atoms with van der Waals surface area (Å²) < 4.78 is 5.02. The normalized spacial score (nSPS) is 10.3. The lowest BCUT2D eigenvalue weighted by Crippen LogP contribution is -1.79. The summed E-state index contributed by atoms with van der Waals surface area (Å²) in [6, 6.07) is 8.18. The first kappa shape index (κ1) is 8.84. The lowest BCUT2D eigenvalue weighted by molar-refractivity contribution is 1.30. The molecule has 0 aliphatic heterocycles. The van der Waals surface area contributed by atoms with Gasteiger partial charge in [-0.1, -0.05) is 29.8 Å². The highest BCUT2D eigenvalue weighted by molar-refractivity contribution is 9.11. The Morgan fingerprint density at radius 2 is 1.92 bits per heavy atom. The molecule has 0 atom stereocenters. The average Bonchev–Trinajstić information content (AvgIpc) is 2.53. The van der Waals surface area contributed by atoms with Crippen molar-refractivity contribution in [2.75, 3.05) is 0 Å². The molecule has 2 aromatic rings. The van der Waals surface area contributed by atoms with Crippen LogP contribution in [0.4, 0.5) is 0 Å². The summed E-state index contributed by atoms with van der Waals surface area (Å²) in [5, 5.41) is 0. The minimum atomic E-state index is 0.789. The van der Waals surface area contributed by atoms with Crippen molar-refractivity contribution in [3.8, 4) is 11.4 Å². The molecule has 1 heterocycles. The Balaban J connectivity index is 2.41. The first-order chi connectivity index (χ1) is 6.25. The highest BCUT2D eigenvalue weighted by Crippen LogP contribution is 2.21. The van der Waals surface area contributed by atoms with Crippen molar-refractivity contribution < 1.29 is 0 Å². The number of nitrogens with zero attached hydrogens (tertiary/aromatic N) is 2. The van der Waals surface area contributed by atoms with Crippen LogP contribution in [0.1, 0.15) is 5.56 Å². The van der Waals surface area contributed by atoms with Gasteiger partial charge in [-0.25, -0.2) is 4.98 Å². The minimum absolute atomic E-state index is 0.789. The molecule has 0 saturated heterocycles. The molecule has 0 saturated carbocycles. The van der Waals surface area contributed by atoms with E-state index in [0.29, 0.717) is 0 Å². The third kappa shape index (κ3) is 1.95. The van der Waals surface area contributed by atoms with Gasteiger partial charge in [0.15, 0.2) is 9.74 Å². The topological polar surface area (TPSA) is 25.8 Å². The van der Waals surface area contributed by atoms with Gasteiger partial charge in [-0.05, 0) is 34.4 Å². The monoisotopic (exact) mass is 254 g/mol. The number of hydrogen-bond acceptors (Lipinski definition) is 3. The van der Waals surface area contributed by atoms with Crippen molar-refractivity contribution in [1.29, 1.82) is 0 Å². The van der Waals surface area contributed by atoms with Crippen LogP contribution in [0.15, 0.2) is 28.2 Å². The third-order valence-electron chi connectivity index (χ3n) is 1.71. The summed E-state index contributed by atoms with van der Waals surface area (Å²) in [5.41, 5.74) is 2.31. The van der Waals surface area contributed by atoms with E-state index < -0.39 is 0 Å². The molecule has 2 rings (SSSR count). The molecule has 0 unspecified atom stereocenters. The largest absolute Gasteiger partial charge is 0.208 e. The number of aromatic nitrogens is 2. The van der Waals surface area contributed by atoms with Crippen LogP contribution < -0.4 is 0 Å². The second-order valence-corrected chi connectivity index (χ2v) is 4.76. The van der Waals surface area contributed by atoms with Gasteiger partial charge in [-0.2, -0.15) is 4.37 Å². The zero-order valence-electron chi connectivity index (χ0n) is 6.99. The zero-order valence-corrected chi connectivity index (χ0v) is 9.39. The van der Waals surface area contributed by atoms with Crippen molar-refractivity contribution in [3.63, 3.8) is 0 Å². The summed E-state index contributed by atoms with van der Waals surface area (Å²) in [4.78, 5) is 4.23. The predicted molar refractivity (Wildman–Crippen MR) is 57.8 cm³/mol. The number of rotatable bonds is 1. The van der Waals surface area contributed by atoms with Crippen LogP contribution in [0.25, 0.3) is 11.4 Å². The maximum absolute atomic E-state index is 4.23. The van der Waals surface area contributed by atoms with Gasteiger partial charge in [0, 0.05) is 5.56 Å². The number of hydrogen-bond donors (Lipinski definition) is 0. The number of halogens is 1. The summed E-state index contributed by atoms with van der Waals surface area (Å²) in [6.45, 7) is 2.06. The molecule has 0 bridgehead atoms. The van der Waals surface area contributed by atoms with Gasteiger partial charge in [0.05, 0.1) is 0 Å². The van der Waals surface area contributed by atoms with E-state index in [1.165, 1.54) is 17.1 Å². The van der Waals surface area contributed by atoms with Gasteiger partial charge in [0.25, 0.3) is 0 Å². The maximum Gasteiger partial charge on any atom is 0.179 e. The standard InChI is InChI=1S/C9H7BrN2S/c1-6-2-4-7(5-3-6)8-11-9(10)13-12-8/h2-5H,1H3. The molecule has 0 amide bonds. The van der Waals surface area contributed by atoms with Gasteiger partial charge >= 0.3 is 0 Å². The van der Waals surface area contributed by atoms with E-state index in [1.807, 2.05) is 12.1 Å². The predicted octanol–water partition coefficient (Wildman–Crippen LogP) is 3.28.